The van der Waals surface area contributed by atoms with Gasteiger partial charge in [-0.3, -0.25) is 4.79 Å². The molecular formula is C17H18ClN3O4S. The second kappa shape index (κ2) is 7.51. The van der Waals surface area contributed by atoms with Crippen molar-refractivity contribution in [1.29, 1.82) is 0 Å². The van der Waals surface area contributed by atoms with Gasteiger partial charge in [-0.25, -0.2) is 13.4 Å². The largest absolute Gasteiger partial charge is 0.495 e. The Morgan fingerprint density at radius 3 is 2.81 bits per heavy atom. The molecular weight excluding hydrogens is 378 g/mol. The van der Waals surface area contributed by atoms with Crippen LogP contribution in [-0.4, -0.2) is 44.0 Å². The highest BCUT2D eigenvalue weighted by Gasteiger charge is 2.29. The fourth-order valence-electron chi connectivity index (χ4n) is 2.73. The number of ether oxygens (including phenoxy) is 1. The Bertz CT molecular complexity index is 933. The van der Waals surface area contributed by atoms with Gasteiger partial charge in [0.15, 0.2) is 9.84 Å². The number of anilines is 2. The number of halogens is 1. The van der Waals surface area contributed by atoms with Crippen LogP contribution in [0.5, 0.6) is 5.75 Å². The summed E-state index contributed by atoms with van der Waals surface area (Å²) >= 11 is 6.01. The molecule has 0 saturated carbocycles. The molecule has 0 bridgehead atoms. The van der Waals surface area contributed by atoms with E-state index in [2.05, 4.69) is 15.6 Å². The van der Waals surface area contributed by atoms with Crippen LogP contribution < -0.4 is 15.4 Å². The summed E-state index contributed by atoms with van der Waals surface area (Å²) in [7, 11) is -1.51. The van der Waals surface area contributed by atoms with Crippen LogP contribution in [0.25, 0.3) is 0 Å². The smallest absolute Gasteiger partial charge is 0.251 e. The van der Waals surface area contributed by atoms with Gasteiger partial charge in [0.05, 0.1) is 24.3 Å². The lowest BCUT2D eigenvalue weighted by Crippen LogP contribution is -2.35. The molecule has 7 nitrogen and oxygen atoms in total. The lowest BCUT2D eigenvalue weighted by Gasteiger charge is -2.13. The fourth-order valence-corrected chi connectivity index (χ4v) is 4.58. The minimum atomic E-state index is -3.05. The van der Waals surface area contributed by atoms with E-state index in [-0.39, 0.29) is 23.5 Å². The van der Waals surface area contributed by atoms with Crippen LogP contribution in [0.4, 0.5) is 11.5 Å². The van der Waals surface area contributed by atoms with Crippen molar-refractivity contribution in [2.75, 3.05) is 23.9 Å². The molecule has 9 heteroatoms. The van der Waals surface area contributed by atoms with Gasteiger partial charge in [-0.15, -0.1) is 0 Å². The number of hydrogen-bond donors (Lipinski definition) is 2. The third kappa shape index (κ3) is 4.44. The molecule has 138 valence electrons. The summed E-state index contributed by atoms with van der Waals surface area (Å²) in [5.41, 5.74) is 1.000. The van der Waals surface area contributed by atoms with Crippen molar-refractivity contribution in [1.82, 2.24) is 10.3 Å². The van der Waals surface area contributed by atoms with Crippen molar-refractivity contribution in [3.8, 4) is 5.75 Å². The van der Waals surface area contributed by atoms with E-state index in [9.17, 15) is 13.2 Å². The predicted octanol–water partition coefficient (Wildman–Crippen LogP) is 2.40. The van der Waals surface area contributed by atoms with E-state index in [1.807, 2.05) is 0 Å². The minimum absolute atomic E-state index is 0.0192. The molecule has 0 aliphatic carbocycles. The summed E-state index contributed by atoms with van der Waals surface area (Å²) < 4.78 is 28.3. The second-order valence-electron chi connectivity index (χ2n) is 5.97. The standard InChI is InChI=1S/C17H18ClN3O4S/c1-25-15-3-2-12(18)9-14(15)21-16-8-11(4-6-19-16)17(22)20-13-5-7-26(23,24)10-13/h2-4,6,8-9,13H,5,7,10H2,1H3,(H,19,21)(H,20,22). The van der Waals surface area contributed by atoms with Gasteiger partial charge in [-0.1, -0.05) is 11.6 Å². The Labute approximate surface area is 156 Å². The fraction of sp³-hybridized carbons (Fsp3) is 0.294. The highest BCUT2D eigenvalue weighted by Crippen LogP contribution is 2.30. The summed E-state index contributed by atoms with van der Waals surface area (Å²) in [6, 6.07) is 7.92. The van der Waals surface area contributed by atoms with Crippen LogP contribution in [0.2, 0.25) is 5.02 Å². The number of pyridine rings is 1. The molecule has 1 aliphatic rings. The number of sulfone groups is 1. The maximum Gasteiger partial charge on any atom is 0.251 e. The van der Waals surface area contributed by atoms with Crippen LogP contribution in [0, 0.1) is 0 Å². The predicted molar refractivity (Wildman–Crippen MR) is 100 cm³/mol. The quantitative estimate of drug-likeness (QED) is 0.806. The zero-order chi connectivity index (χ0) is 18.7. The Balaban J connectivity index is 1.74. The van der Waals surface area contributed by atoms with Crippen molar-refractivity contribution < 1.29 is 17.9 Å². The zero-order valence-corrected chi connectivity index (χ0v) is 15.6. The highest BCUT2D eigenvalue weighted by molar-refractivity contribution is 7.91. The van der Waals surface area contributed by atoms with Gasteiger partial charge in [0.25, 0.3) is 5.91 Å². The monoisotopic (exact) mass is 395 g/mol. The first-order chi connectivity index (χ1) is 12.4. The first-order valence-corrected chi connectivity index (χ1v) is 10.1. The number of methoxy groups -OCH3 is 1. The SMILES string of the molecule is COc1ccc(Cl)cc1Nc1cc(C(=O)NC2CCS(=O)(=O)C2)ccn1. The van der Waals surface area contributed by atoms with Gasteiger partial charge in [0.2, 0.25) is 0 Å². The first-order valence-electron chi connectivity index (χ1n) is 7.94. The number of aromatic nitrogens is 1. The Kier molecular flexibility index (Phi) is 5.33. The number of nitrogens with zero attached hydrogens (tertiary/aromatic N) is 1. The number of nitrogens with one attached hydrogen (secondary N) is 2. The summed E-state index contributed by atoms with van der Waals surface area (Å²) in [5.74, 6) is 0.777. The van der Waals surface area contributed by atoms with E-state index in [1.165, 1.54) is 6.20 Å². The van der Waals surface area contributed by atoms with Crippen molar-refractivity contribution >= 4 is 38.9 Å². The summed E-state index contributed by atoms with van der Waals surface area (Å²) in [5, 5.41) is 6.36. The lowest BCUT2D eigenvalue weighted by atomic mass is 10.2. The highest BCUT2D eigenvalue weighted by atomic mass is 35.5. The molecule has 1 amide bonds. The third-order valence-electron chi connectivity index (χ3n) is 4.01. The minimum Gasteiger partial charge on any atom is -0.495 e. The normalized spacial score (nSPS) is 18.3. The van der Waals surface area contributed by atoms with E-state index in [0.717, 1.165) is 0 Å². The molecule has 3 rings (SSSR count). The molecule has 1 aromatic carbocycles. The van der Waals surface area contributed by atoms with Crippen LogP contribution >= 0.6 is 11.6 Å². The average Bonchev–Trinajstić information content (AvgIpc) is 2.94. The number of benzene rings is 1. The Hall–Kier alpha value is -2.32. The van der Waals surface area contributed by atoms with E-state index in [0.29, 0.717) is 34.3 Å². The van der Waals surface area contributed by atoms with Gasteiger partial charge < -0.3 is 15.4 Å². The Morgan fingerprint density at radius 2 is 2.12 bits per heavy atom. The molecule has 1 atom stereocenters. The van der Waals surface area contributed by atoms with Gasteiger partial charge in [0.1, 0.15) is 11.6 Å². The van der Waals surface area contributed by atoms with E-state index >= 15 is 0 Å². The van der Waals surface area contributed by atoms with Gasteiger partial charge in [0, 0.05) is 22.8 Å². The number of carbonyl (C=O) groups excluding carboxylic acids is 1. The molecule has 0 radical (unpaired) electrons. The van der Waals surface area contributed by atoms with Crippen LogP contribution in [0.3, 0.4) is 0 Å². The summed E-state index contributed by atoms with van der Waals surface area (Å²) in [4.78, 5) is 16.6. The topological polar surface area (TPSA) is 97.4 Å². The third-order valence-corrected chi connectivity index (χ3v) is 6.02. The van der Waals surface area contributed by atoms with Crippen molar-refractivity contribution in [2.45, 2.75) is 12.5 Å². The lowest BCUT2D eigenvalue weighted by molar-refractivity contribution is 0.0941. The Morgan fingerprint density at radius 1 is 1.31 bits per heavy atom. The van der Waals surface area contributed by atoms with Crippen molar-refractivity contribution in [3.05, 3.63) is 47.1 Å². The second-order valence-corrected chi connectivity index (χ2v) is 8.64. The van der Waals surface area contributed by atoms with Gasteiger partial charge >= 0.3 is 0 Å². The van der Waals surface area contributed by atoms with Crippen LogP contribution in [-0.2, 0) is 9.84 Å². The van der Waals surface area contributed by atoms with Gasteiger partial charge in [-0.2, -0.15) is 0 Å². The first kappa shape index (κ1) is 18.5. The molecule has 2 heterocycles. The molecule has 1 unspecified atom stereocenters. The van der Waals surface area contributed by atoms with Crippen LogP contribution in [0.1, 0.15) is 16.8 Å². The number of hydrogen-bond acceptors (Lipinski definition) is 6. The van der Waals surface area contributed by atoms with Crippen molar-refractivity contribution in [3.63, 3.8) is 0 Å². The molecule has 2 aromatic rings. The molecule has 1 saturated heterocycles. The number of rotatable bonds is 5. The average molecular weight is 396 g/mol. The zero-order valence-electron chi connectivity index (χ0n) is 14.0. The molecule has 1 fully saturated rings. The molecule has 2 N–H and O–H groups in total. The summed E-state index contributed by atoms with van der Waals surface area (Å²) in [6.45, 7) is 0. The number of amides is 1. The molecule has 0 spiro atoms. The van der Waals surface area contributed by atoms with E-state index in [4.69, 9.17) is 16.3 Å². The molecule has 1 aromatic heterocycles. The maximum absolute atomic E-state index is 12.4. The maximum atomic E-state index is 12.4. The van der Waals surface area contributed by atoms with E-state index < -0.39 is 9.84 Å². The molecule has 26 heavy (non-hydrogen) atoms. The summed E-state index contributed by atoms with van der Waals surface area (Å²) in [6.07, 6.45) is 1.93. The van der Waals surface area contributed by atoms with Crippen molar-refractivity contribution in [2.24, 2.45) is 0 Å². The van der Waals surface area contributed by atoms with Crippen LogP contribution in [0.15, 0.2) is 36.5 Å². The number of carbonyl (C=O) groups is 1. The van der Waals surface area contributed by atoms with Gasteiger partial charge in [-0.05, 0) is 36.8 Å². The molecule has 1 aliphatic heterocycles. The van der Waals surface area contributed by atoms with E-state index in [1.54, 1.807) is 37.4 Å².